The van der Waals surface area contributed by atoms with Crippen molar-refractivity contribution < 1.29 is 10.0 Å². The average molecular weight is 393 g/mol. The molecule has 8 nitrogen and oxygen atoms in total. The van der Waals surface area contributed by atoms with Crippen molar-refractivity contribution >= 4 is 28.7 Å². The monoisotopic (exact) mass is 393 g/mol. The molecule has 0 fully saturated rings. The van der Waals surface area contributed by atoms with E-state index < -0.39 is 4.92 Å². The van der Waals surface area contributed by atoms with Crippen molar-refractivity contribution in [2.24, 2.45) is 0 Å². The van der Waals surface area contributed by atoms with Crippen molar-refractivity contribution in [3.8, 4) is 5.75 Å². The number of benzene rings is 2. The lowest BCUT2D eigenvalue weighted by Crippen LogP contribution is -2.24. The van der Waals surface area contributed by atoms with Gasteiger partial charge in [-0.3, -0.25) is 10.1 Å². The van der Waals surface area contributed by atoms with E-state index in [4.69, 9.17) is 0 Å². The Hall–Kier alpha value is -3.68. The number of anilines is 4. The molecule has 1 aromatic heterocycles. The van der Waals surface area contributed by atoms with E-state index in [9.17, 15) is 15.2 Å². The number of nitro groups is 1. The van der Waals surface area contributed by atoms with Gasteiger partial charge in [0.1, 0.15) is 11.6 Å². The minimum absolute atomic E-state index is 0.125. The molecule has 0 saturated heterocycles. The lowest BCUT2D eigenvalue weighted by molar-refractivity contribution is -0.383. The number of phenolic OH excluding ortho intramolecular Hbond substituents is 1. The van der Waals surface area contributed by atoms with E-state index in [1.54, 1.807) is 41.0 Å². The van der Waals surface area contributed by atoms with Crippen LogP contribution in [0.3, 0.4) is 0 Å². The van der Waals surface area contributed by atoms with Crippen LogP contribution in [0.15, 0.2) is 54.6 Å². The van der Waals surface area contributed by atoms with Crippen LogP contribution in [0.1, 0.15) is 19.7 Å². The van der Waals surface area contributed by atoms with Crippen LogP contribution in [0.2, 0.25) is 0 Å². The summed E-state index contributed by atoms with van der Waals surface area (Å²) in [5.74, 6) is 1.04. The Bertz CT molecular complexity index is 993. The Kier molecular flexibility index (Phi) is 5.92. The van der Waals surface area contributed by atoms with E-state index in [0.717, 1.165) is 5.69 Å². The van der Waals surface area contributed by atoms with E-state index in [-0.39, 0.29) is 23.1 Å². The summed E-state index contributed by atoms with van der Waals surface area (Å²) in [4.78, 5) is 24.1. The Labute approximate surface area is 169 Å². The fourth-order valence-electron chi connectivity index (χ4n) is 3.23. The van der Waals surface area contributed by atoms with Crippen molar-refractivity contribution in [3.05, 3.63) is 70.5 Å². The van der Waals surface area contributed by atoms with Gasteiger partial charge in [-0.1, -0.05) is 18.2 Å². The van der Waals surface area contributed by atoms with E-state index in [1.807, 2.05) is 44.2 Å². The SMILES string of the molecule is CCN(c1ccccc1)c1nc(C)nc(N(CC)c2ccc(O)cc2)c1[N+](=O)[O-]. The van der Waals surface area contributed by atoms with Gasteiger partial charge < -0.3 is 14.9 Å². The third-order valence-corrected chi connectivity index (χ3v) is 4.51. The van der Waals surface area contributed by atoms with Crippen LogP contribution in [-0.4, -0.2) is 33.1 Å². The van der Waals surface area contributed by atoms with E-state index in [2.05, 4.69) is 9.97 Å². The fourth-order valence-corrected chi connectivity index (χ4v) is 3.23. The Balaban J connectivity index is 2.22. The molecule has 2 aromatic carbocycles. The maximum absolute atomic E-state index is 12.1. The third-order valence-electron chi connectivity index (χ3n) is 4.51. The number of rotatable bonds is 7. The molecule has 29 heavy (non-hydrogen) atoms. The van der Waals surface area contributed by atoms with Gasteiger partial charge in [0.15, 0.2) is 0 Å². The molecular formula is C21H23N5O3. The van der Waals surface area contributed by atoms with Gasteiger partial charge in [-0.05, 0) is 57.2 Å². The third kappa shape index (κ3) is 4.11. The largest absolute Gasteiger partial charge is 0.508 e. The number of aromatic hydroxyl groups is 1. The van der Waals surface area contributed by atoms with Crippen LogP contribution in [0, 0.1) is 17.0 Å². The standard InChI is InChI=1S/C21H23N5O3/c1-4-24(16-9-7-6-8-10-16)20-19(26(28)29)21(23-15(3)22-20)25(5-2)17-11-13-18(27)14-12-17/h6-14,27H,4-5H2,1-3H3. The normalized spacial score (nSPS) is 10.6. The maximum Gasteiger partial charge on any atom is 0.354 e. The second-order valence-electron chi connectivity index (χ2n) is 6.36. The Morgan fingerprint density at radius 3 is 1.83 bits per heavy atom. The molecule has 0 aliphatic carbocycles. The quantitative estimate of drug-likeness (QED) is 0.458. The molecule has 0 aliphatic heterocycles. The minimum atomic E-state index is -0.432. The van der Waals surface area contributed by atoms with Crippen molar-refractivity contribution in [2.45, 2.75) is 20.8 Å². The molecule has 150 valence electrons. The molecule has 0 spiro atoms. The van der Waals surface area contributed by atoms with Crippen LogP contribution in [0.25, 0.3) is 0 Å². The van der Waals surface area contributed by atoms with Crippen molar-refractivity contribution in [2.75, 3.05) is 22.9 Å². The predicted molar refractivity (Wildman–Crippen MR) is 113 cm³/mol. The highest BCUT2D eigenvalue weighted by Gasteiger charge is 2.31. The van der Waals surface area contributed by atoms with Crippen LogP contribution in [0.5, 0.6) is 5.75 Å². The number of phenols is 1. The highest BCUT2D eigenvalue weighted by molar-refractivity contribution is 5.79. The van der Waals surface area contributed by atoms with Crippen LogP contribution < -0.4 is 9.80 Å². The van der Waals surface area contributed by atoms with Crippen molar-refractivity contribution in [3.63, 3.8) is 0 Å². The molecule has 8 heteroatoms. The summed E-state index contributed by atoms with van der Waals surface area (Å²) < 4.78 is 0. The smallest absolute Gasteiger partial charge is 0.354 e. The average Bonchev–Trinajstić information content (AvgIpc) is 2.71. The summed E-state index contributed by atoms with van der Waals surface area (Å²) in [6.45, 7) is 6.50. The molecule has 3 aromatic rings. The molecule has 3 rings (SSSR count). The summed E-state index contributed by atoms with van der Waals surface area (Å²) >= 11 is 0. The first-order valence-electron chi connectivity index (χ1n) is 9.38. The minimum Gasteiger partial charge on any atom is -0.508 e. The van der Waals surface area contributed by atoms with Gasteiger partial charge in [-0.2, -0.15) is 0 Å². The topological polar surface area (TPSA) is 95.6 Å². The molecular weight excluding hydrogens is 370 g/mol. The Morgan fingerprint density at radius 2 is 1.38 bits per heavy atom. The van der Waals surface area contributed by atoms with E-state index >= 15 is 0 Å². The van der Waals surface area contributed by atoms with E-state index in [0.29, 0.717) is 24.6 Å². The van der Waals surface area contributed by atoms with Crippen LogP contribution in [0.4, 0.5) is 28.7 Å². The maximum atomic E-state index is 12.1. The van der Waals surface area contributed by atoms with Gasteiger partial charge in [0, 0.05) is 24.5 Å². The van der Waals surface area contributed by atoms with Gasteiger partial charge in [0.2, 0.25) is 11.6 Å². The highest BCUT2D eigenvalue weighted by Crippen LogP contribution is 2.40. The summed E-state index contributed by atoms with van der Waals surface area (Å²) in [5, 5.41) is 21.7. The number of nitrogens with zero attached hydrogens (tertiary/aromatic N) is 5. The van der Waals surface area contributed by atoms with Gasteiger partial charge in [-0.15, -0.1) is 0 Å². The summed E-state index contributed by atoms with van der Waals surface area (Å²) in [7, 11) is 0. The molecule has 0 bridgehead atoms. The summed E-state index contributed by atoms with van der Waals surface area (Å²) in [6.07, 6.45) is 0. The van der Waals surface area contributed by atoms with Crippen LogP contribution in [-0.2, 0) is 0 Å². The first kappa shape index (κ1) is 20.1. The second kappa shape index (κ2) is 8.55. The predicted octanol–water partition coefficient (Wildman–Crippen LogP) is 4.71. The number of aryl methyl sites for hydroxylation is 1. The van der Waals surface area contributed by atoms with Crippen LogP contribution >= 0.6 is 0 Å². The number of para-hydroxylation sites is 1. The van der Waals surface area contributed by atoms with E-state index in [1.165, 1.54) is 0 Å². The summed E-state index contributed by atoms with van der Waals surface area (Å²) in [5.41, 5.74) is 1.35. The molecule has 0 saturated carbocycles. The molecule has 0 radical (unpaired) electrons. The second-order valence-corrected chi connectivity index (χ2v) is 6.36. The highest BCUT2D eigenvalue weighted by atomic mass is 16.6. The molecule has 0 unspecified atom stereocenters. The zero-order chi connectivity index (χ0) is 21.0. The van der Waals surface area contributed by atoms with Gasteiger partial charge in [-0.25, -0.2) is 9.97 Å². The molecule has 0 amide bonds. The lowest BCUT2D eigenvalue weighted by atomic mass is 10.2. The van der Waals surface area contributed by atoms with Gasteiger partial charge in [0.25, 0.3) is 0 Å². The molecule has 0 atom stereocenters. The Morgan fingerprint density at radius 1 is 0.897 bits per heavy atom. The summed E-state index contributed by atoms with van der Waals surface area (Å²) in [6, 6.07) is 15.9. The number of hydrogen-bond donors (Lipinski definition) is 1. The van der Waals surface area contributed by atoms with Crippen molar-refractivity contribution in [1.82, 2.24) is 9.97 Å². The molecule has 1 heterocycles. The van der Waals surface area contributed by atoms with Crippen molar-refractivity contribution in [1.29, 1.82) is 0 Å². The number of aromatic nitrogens is 2. The first-order chi connectivity index (χ1) is 14.0. The number of hydrogen-bond acceptors (Lipinski definition) is 7. The fraction of sp³-hybridized carbons (Fsp3) is 0.238. The zero-order valence-corrected chi connectivity index (χ0v) is 16.6. The van der Waals surface area contributed by atoms with Gasteiger partial charge >= 0.3 is 5.69 Å². The molecule has 0 aliphatic rings. The zero-order valence-electron chi connectivity index (χ0n) is 16.6. The first-order valence-corrected chi connectivity index (χ1v) is 9.38. The van der Waals surface area contributed by atoms with Gasteiger partial charge in [0.05, 0.1) is 4.92 Å². The molecule has 1 N–H and O–H groups in total. The lowest BCUT2D eigenvalue weighted by Gasteiger charge is -2.26.